The van der Waals surface area contributed by atoms with Gasteiger partial charge in [0.2, 0.25) is 0 Å². The Morgan fingerprint density at radius 2 is 1.85 bits per heavy atom. The molecule has 0 radical (unpaired) electrons. The van der Waals surface area contributed by atoms with Crippen molar-refractivity contribution in [2.24, 2.45) is 11.7 Å². The van der Waals surface area contributed by atoms with Gasteiger partial charge in [0.15, 0.2) is 0 Å². The minimum absolute atomic E-state index is 0.666. The summed E-state index contributed by atoms with van der Waals surface area (Å²) < 4.78 is 0. The lowest BCUT2D eigenvalue weighted by Gasteiger charge is -2.38. The highest BCUT2D eigenvalue weighted by molar-refractivity contribution is 5.15. The van der Waals surface area contributed by atoms with Crippen LogP contribution in [0.4, 0.5) is 0 Å². The molecule has 2 rings (SSSR count). The van der Waals surface area contributed by atoms with Gasteiger partial charge in [0.25, 0.3) is 0 Å². The minimum atomic E-state index is 0.666. The van der Waals surface area contributed by atoms with E-state index in [1.165, 1.54) is 36.9 Å². The molecule has 2 heteroatoms. The van der Waals surface area contributed by atoms with E-state index in [0.29, 0.717) is 6.04 Å². The lowest BCUT2D eigenvalue weighted by atomic mass is 9.85. The summed E-state index contributed by atoms with van der Waals surface area (Å²) in [6.45, 7) is 8.25. The van der Waals surface area contributed by atoms with Crippen LogP contribution in [0.1, 0.15) is 38.2 Å². The predicted molar refractivity (Wildman–Crippen MR) is 86.5 cm³/mol. The number of benzene rings is 1. The molecule has 1 saturated carbocycles. The topological polar surface area (TPSA) is 29.3 Å². The van der Waals surface area contributed by atoms with Crippen molar-refractivity contribution in [3.05, 3.63) is 48.2 Å². The third kappa shape index (κ3) is 4.11. The van der Waals surface area contributed by atoms with Crippen LogP contribution < -0.4 is 5.73 Å². The molecular weight excluding hydrogens is 244 g/mol. The van der Waals surface area contributed by atoms with Gasteiger partial charge in [-0.3, -0.25) is 0 Å². The molecule has 1 fully saturated rings. The molecule has 0 bridgehead atoms. The molecular formula is C18H28N2. The van der Waals surface area contributed by atoms with Crippen molar-refractivity contribution in [1.82, 2.24) is 4.90 Å². The predicted octanol–water partition coefficient (Wildman–Crippen LogP) is 3.58. The summed E-state index contributed by atoms with van der Waals surface area (Å²) in [5.74, 6) is 0.743. The monoisotopic (exact) mass is 272 g/mol. The number of rotatable bonds is 6. The van der Waals surface area contributed by atoms with Crippen LogP contribution in [0.2, 0.25) is 0 Å². The van der Waals surface area contributed by atoms with E-state index in [1.807, 2.05) is 0 Å². The molecule has 0 aliphatic heterocycles. The van der Waals surface area contributed by atoms with Crippen molar-refractivity contribution in [1.29, 1.82) is 0 Å². The molecule has 0 unspecified atom stereocenters. The molecule has 0 heterocycles. The fraction of sp³-hybridized carbons (Fsp3) is 0.556. The first-order valence-corrected chi connectivity index (χ1v) is 7.87. The lowest BCUT2D eigenvalue weighted by molar-refractivity contribution is 0.176. The highest BCUT2D eigenvalue weighted by Gasteiger charge is 2.24. The van der Waals surface area contributed by atoms with Crippen LogP contribution in [0.3, 0.4) is 0 Å². The van der Waals surface area contributed by atoms with E-state index in [1.54, 1.807) is 0 Å². The van der Waals surface area contributed by atoms with Gasteiger partial charge in [-0.15, -0.1) is 0 Å². The standard InChI is InChI=1S/C18H28N2/c1-15(2)20(13-12-16-6-4-3-5-7-16)18-10-8-17(14-19)9-11-18/h3-7,17-18H,1,8-14,19H2,2H3. The van der Waals surface area contributed by atoms with E-state index >= 15 is 0 Å². The van der Waals surface area contributed by atoms with Gasteiger partial charge >= 0.3 is 0 Å². The molecule has 0 atom stereocenters. The Labute approximate surface area is 123 Å². The van der Waals surface area contributed by atoms with E-state index in [-0.39, 0.29) is 0 Å². The Hall–Kier alpha value is -1.28. The maximum absolute atomic E-state index is 5.79. The first-order chi connectivity index (χ1) is 9.70. The zero-order chi connectivity index (χ0) is 14.4. The summed E-state index contributed by atoms with van der Waals surface area (Å²) in [5, 5.41) is 0. The average molecular weight is 272 g/mol. The highest BCUT2D eigenvalue weighted by Crippen LogP contribution is 2.28. The second-order valence-corrected chi connectivity index (χ2v) is 6.07. The van der Waals surface area contributed by atoms with Crippen LogP contribution in [0.5, 0.6) is 0 Å². The third-order valence-electron chi connectivity index (χ3n) is 4.56. The summed E-state index contributed by atoms with van der Waals surface area (Å²) >= 11 is 0. The zero-order valence-corrected chi connectivity index (χ0v) is 12.7. The number of allylic oxidation sites excluding steroid dienone is 1. The average Bonchev–Trinajstić information content (AvgIpc) is 2.49. The second-order valence-electron chi connectivity index (χ2n) is 6.07. The van der Waals surface area contributed by atoms with Gasteiger partial charge in [0.1, 0.15) is 0 Å². The van der Waals surface area contributed by atoms with Crippen molar-refractivity contribution in [2.75, 3.05) is 13.1 Å². The number of hydrogen-bond acceptors (Lipinski definition) is 2. The minimum Gasteiger partial charge on any atom is -0.372 e. The van der Waals surface area contributed by atoms with Crippen LogP contribution in [-0.4, -0.2) is 24.0 Å². The van der Waals surface area contributed by atoms with E-state index in [2.05, 4.69) is 48.7 Å². The molecule has 0 spiro atoms. The van der Waals surface area contributed by atoms with Gasteiger partial charge in [-0.25, -0.2) is 0 Å². The Morgan fingerprint density at radius 3 is 2.40 bits per heavy atom. The molecule has 1 aliphatic rings. The van der Waals surface area contributed by atoms with E-state index in [0.717, 1.165) is 25.4 Å². The van der Waals surface area contributed by atoms with Gasteiger partial charge in [-0.05, 0) is 57.1 Å². The van der Waals surface area contributed by atoms with Crippen LogP contribution in [-0.2, 0) is 6.42 Å². The number of nitrogens with two attached hydrogens (primary N) is 1. The van der Waals surface area contributed by atoms with Crippen LogP contribution in [0.25, 0.3) is 0 Å². The van der Waals surface area contributed by atoms with Crippen molar-refractivity contribution in [2.45, 2.75) is 45.1 Å². The summed E-state index contributed by atoms with van der Waals surface area (Å²) in [7, 11) is 0. The number of hydrogen-bond donors (Lipinski definition) is 1. The van der Waals surface area contributed by atoms with Crippen molar-refractivity contribution < 1.29 is 0 Å². The Kier molecular flexibility index (Phi) is 5.66. The normalized spacial score (nSPS) is 22.5. The molecule has 1 aromatic carbocycles. The first kappa shape index (κ1) is 15.1. The van der Waals surface area contributed by atoms with Crippen molar-refractivity contribution in [3.63, 3.8) is 0 Å². The molecule has 0 aromatic heterocycles. The quantitative estimate of drug-likeness (QED) is 0.857. The van der Waals surface area contributed by atoms with Crippen LogP contribution >= 0.6 is 0 Å². The molecule has 20 heavy (non-hydrogen) atoms. The summed E-state index contributed by atoms with van der Waals surface area (Å²) in [6.07, 6.45) is 6.18. The maximum Gasteiger partial charge on any atom is 0.0286 e. The Morgan fingerprint density at radius 1 is 1.20 bits per heavy atom. The van der Waals surface area contributed by atoms with E-state index in [4.69, 9.17) is 5.73 Å². The first-order valence-electron chi connectivity index (χ1n) is 7.87. The molecule has 1 aliphatic carbocycles. The van der Waals surface area contributed by atoms with E-state index in [9.17, 15) is 0 Å². The second kappa shape index (κ2) is 7.49. The molecule has 2 nitrogen and oxygen atoms in total. The molecule has 0 saturated heterocycles. The van der Waals surface area contributed by atoms with E-state index < -0.39 is 0 Å². The van der Waals surface area contributed by atoms with Gasteiger partial charge < -0.3 is 10.6 Å². The van der Waals surface area contributed by atoms with Gasteiger partial charge in [-0.2, -0.15) is 0 Å². The summed E-state index contributed by atoms with van der Waals surface area (Å²) in [6, 6.07) is 11.4. The van der Waals surface area contributed by atoms with Crippen molar-refractivity contribution >= 4 is 0 Å². The third-order valence-corrected chi connectivity index (χ3v) is 4.56. The highest BCUT2D eigenvalue weighted by atomic mass is 15.2. The fourth-order valence-corrected chi connectivity index (χ4v) is 3.27. The smallest absolute Gasteiger partial charge is 0.0286 e. The lowest BCUT2D eigenvalue weighted by Crippen LogP contribution is -2.38. The van der Waals surface area contributed by atoms with Crippen molar-refractivity contribution in [3.8, 4) is 0 Å². The SMILES string of the molecule is C=C(C)N(CCc1ccccc1)C1CCC(CN)CC1. The molecule has 110 valence electrons. The molecule has 1 aromatic rings. The summed E-state index contributed by atoms with van der Waals surface area (Å²) in [5.41, 5.74) is 8.41. The largest absolute Gasteiger partial charge is 0.372 e. The Balaban J connectivity index is 1.89. The number of nitrogens with zero attached hydrogens (tertiary/aromatic N) is 1. The van der Waals surface area contributed by atoms with Gasteiger partial charge in [0, 0.05) is 18.3 Å². The molecule has 0 amide bonds. The van der Waals surface area contributed by atoms with Gasteiger partial charge in [0.05, 0.1) is 0 Å². The Bertz CT molecular complexity index is 405. The fourth-order valence-electron chi connectivity index (χ4n) is 3.27. The maximum atomic E-state index is 5.79. The van der Waals surface area contributed by atoms with Crippen LogP contribution in [0, 0.1) is 5.92 Å². The van der Waals surface area contributed by atoms with Crippen LogP contribution in [0.15, 0.2) is 42.6 Å². The molecule has 2 N–H and O–H groups in total. The summed E-state index contributed by atoms with van der Waals surface area (Å²) in [4.78, 5) is 2.51. The zero-order valence-electron chi connectivity index (χ0n) is 12.7. The van der Waals surface area contributed by atoms with Gasteiger partial charge in [-0.1, -0.05) is 36.9 Å².